The minimum absolute atomic E-state index is 0.0869. The van der Waals surface area contributed by atoms with Crippen LogP contribution in [0.15, 0.2) is 30.3 Å². The summed E-state index contributed by atoms with van der Waals surface area (Å²) in [4.78, 5) is 20.2. The lowest BCUT2D eigenvalue weighted by Gasteiger charge is -2.14. The van der Waals surface area contributed by atoms with Crippen molar-refractivity contribution < 1.29 is 18.0 Å². The summed E-state index contributed by atoms with van der Waals surface area (Å²) in [7, 11) is 0. The summed E-state index contributed by atoms with van der Waals surface area (Å²) in [6.45, 7) is 0. The molecule has 0 atom stereocenters. The van der Waals surface area contributed by atoms with Crippen LogP contribution in [0.3, 0.4) is 0 Å². The van der Waals surface area contributed by atoms with Crippen LogP contribution in [0.1, 0.15) is 48.7 Å². The Kier molecular flexibility index (Phi) is 3.72. The molecule has 3 heterocycles. The lowest BCUT2D eigenvalue weighted by atomic mass is 10.1. The highest BCUT2D eigenvalue weighted by Gasteiger charge is 2.34. The molecule has 1 aliphatic heterocycles. The van der Waals surface area contributed by atoms with Crippen molar-refractivity contribution in [1.82, 2.24) is 14.5 Å². The third-order valence-corrected chi connectivity index (χ3v) is 5.51. The average molecular weight is 386 g/mol. The highest BCUT2D eigenvalue weighted by Crippen LogP contribution is 2.38. The monoisotopic (exact) mass is 386 g/mol. The molecule has 0 bridgehead atoms. The predicted octanol–water partition coefficient (Wildman–Crippen LogP) is 4.59. The second kappa shape index (κ2) is 6.05. The molecule has 5 rings (SSSR count). The zero-order valence-electron chi connectivity index (χ0n) is 14.9. The lowest BCUT2D eigenvalue weighted by molar-refractivity contribution is -0.141. The van der Waals surface area contributed by atoms with Crippen LogP contribution in [0.4, 0.5) is 18.9 Å². The van der Waals surface area contributed by atoms with Crippen molar-refractivity contribution in [3.05, 3.63) is 47.4 Å². The summed E-state index contributed by atoms with van der Waals surface area (Å²) in [5, 5.41) is 2.78. The molecule has 3 aromatic rings. The second-order valence-corrected chi connectivity index (χ2v) is 7.39. The maximum Gasteiger partial charge on any atom is 0.433 e. The Morgan fingerprint density at radius 2 is 1.86 bits per heavy atom. The number of anilines is 1. The maximum atomic E-state index is 13.2. The standard InChI is InChI=1S/C20H17F3N4O/c21-20(22,23)16-8-7-15-19(26-16)27(18(25-15)11-3-1-2-4-11)13-5-6-14-12(9-13)10-17(28)24-14/h5-9,11H,1-4,10H2,(H,24,28). The van der Waals surface area contributed by atoms with Crippen LogP contribution in [0.25, 0.3) is 16.9 Å². The molecule has 1 N–H and O–H groups in total. The van der Waals surface area contributed by atoms with Gasteiger partial charge in [0, 0.05) is 17.3 Å². The summed E-state index contributed by atoms with van der Waals surface area (Å²) in [5.41, 5.74) is 1.97. The molecule has 0 spiro atoms. The largest absolute Gasteiger partial charge is 0.433 e. The van der Waals surface area contributed by atoms with E-state index in [2.05, 4.69) is 15.3 Å². The molecule has 28 heavy (non-hydrogen) atoms. The van der Waals surface area contributed by atoms with E-state index in [0.29, 0.717) is 11.2 Å². The number of nitrogens with zero attached hydrogens (tertiary/aromatic N) is 3. The van der Waals surface area contributed by atoms with Gasteiger partial charge in [-0.2, -0.15) is 13.2 Å². The summed E-state index contributed by atoms with van der Waals surface area (Å²) < 4.78 is 41.5. The van der Waals surface area contributed by atoms with Crippen molar-refractivity contribution in [1.29, 1.82) is 0 Å². The number of aromatic nitrogens is 3. The number of alkyl halides is 3. The molecule has 5 nitrogen and oxygen atoms in total. The van der Waals surface area contributed by atoms with Gasteiger partial charge in [-0.1, -0.05) is 12.8 Å². The number of nitrogens with one attached hydrogen (secondary N) is 1. The molecule has 8 heteroatoms. The van der Waals surface area contributed by atoms with Crippen molar-refractivity contribution >= 4 is 22.8 Å². The zero-order chi connectivity index (χ0) is 19.5. The van der Waals surface area contributed by atoms with E-state index in [1.54, 1.807) is 16.7 Å². The number of carbonyl (C=O) groups is 1. The normalized spacial score (nSPS) is 17.3. The van der Waals surface area contributed by atoms with Gasteiger partial charge in [-0.3, -0.25) is 9.36 Å². The fourth-order valence-electron chi connectivity index (χ4n) is 4.20. The first-order chi connectivity index (χ1) is 13.4. The van der Waals surface area contributed by atoms with E-state index < -0.39 is 11.9 Å². The molecule has 0 saturated heterocycles. The second-order valence-electron chi connectivity index (χ2n) is 7.39. The fraction of sp³-hybridized carbons (Fsp3) is 0.350. The number of benzene rings is 1. The zero-order valence-corrected chi connectivity index (χ0v) is 14.9. The summed E-state index contributed by atoms with van der Waals surface area (Å²) in [6, 6.07) is 7.79. The van der Waals surface area contributed by atoms with Crippen LogP contribution in [0.2, 0.25) is 0 Å². The number of halogens is 3. The van der Waals surface area contributed by atoms with Crippen LogP contribution in [0, 0.1) is 0 Å². The molecule has 1 fully saturated rings. The summed E-state index contributed by atoms with van der Waals surface area (Å²) in [6.07, 6.45) is -0.183. The van der Waals surface area contributed by atoms with Gasteiger partial charge in [-0.05, 0) is 48.7 Å². The van der Waals surface area contributed by atoms with Gasteiger partial charge in [0.1, 0.15) is 17.0 Å². The highest BCUT2D eigenvalue weighted by atomic mass is 19.4. The SMILES string of the molecule is O=C1Cc2cc(-n3c(C4CCCC4)nc4ccc(C(F)(F)F)nc43)ccc2N1. The Bertz CT molecular complexity index is 1100. The van der Waals surface area contributed by atoms with Gasteiger partial charge in [-0.15, -0.1) is 0 Å². The smallest absolute Gasteiger partial charge is 0.326 e. The predicted molar refractivity (Wildman–Crippen MR) is 97.4 cm³/mol. The van der Waals surface area contributed by atoms with Gasteiger partial charge in [0.15, 0.2) is 5.65 Å². The Morgan fingerprint density at radius 3 is 2.61 bits per heavy atom. The van der Waals surface area contributed by atoms with Crippen molar-refractivity contribution in [3.63, 3.8) is 0 Å². The quantitative estimate of drug-likeness (QED) is 0.701. The lowest BCUT2D eigenvalue weighted by Crippen LogP contribution is -2.10. The number of amides is 1. The summed E-state index contributed by atoms with van der Waals surface area (Å²) in [5.74, 6) is 0.851. The van der Waals surface area contributed by atoms with E-state index >= 15 is 0 Å². The topological polar surface area (TPSA) is 59.8 Å². The van der Waals surface area contributed by atoms with E-state index in [9.17, 15) is 18.0 Å². The molecule has 2 aliphatic rings. The number of hydrogen-bond donors (Lipinski definition) is 1. The number of imidazole rings is 1. The molecule has 1 aromatic carbocycles. The van der Waals surface area contributed by atoms with Gasteiger partial charge < -0.3 is 5.32 Å². The molecule has 1 amide bonds. The molecular weight excluding hydrogens is 369 g/mol. The minimum atomic E-state index is -4.52. The van der Waals surface area contributed by atoms with Gasteiger partial charge in [0.25, 0.3) is 0 Å². The molecule has 1 saturated carbocycles. The average Bonchev–Trinajstić information content (AvgIpc) is 3.36. The Balaban J connectivity index is 1.74. The van der Waals surface area contributed by atoms with Crippen LogP contribution in [0.5, 0.6) is 0 Å². The van der Waals surface area contributed by atoms with Crippen molar-refractivity contribution in [2.45, 2.75) is 44.2 Å². The first-order valence-corrected chi connectivity index (χ1v) is 9.30. The van der Waals surface area contributed by atoms with Crippen molar-refractivity contribution in [3.8, 4) is 5.69 Å². The molecule has 1 aliphatic carbocycles. The van der Waals surface area contributed by atoms with E-state index in [4.69, 9.17) is 0 Å². The van der Waals surface area contributed by atoms with E-state index in [1.165, 1.54) is 6.07 Å². The van der Waals surface area contributed by atoms with Gasteiger partial charge >= 0.3 is 6.18 Å². The van der Waals surface area contributed by atoms with Crippen LogP contribution in [-0.4, -0.2) is 20.4 Å². The Hall–Kier alpha value is -2.90. The minimum Gasteiger partial charge on any atom is -0.326 e. The summed E-state index contributed by atoms with van der Waals surface area (Å²) >= 11 is 0. The van der Waals surface area contributed by atoms with E-state index in [-0.39, 0.29) is 23.9 Å². The first-order valence-electron chi connectivity index (χ1n) is 9.30. The maximum absolute atomic E-state index is 13.2. The third kappa shape index (κ3) is 2.75. The molecule has 0 unspecified atom stereocenters. The fourth-order valence-corrected chi connectivity index (χ4v) is 4.20. The van der Waals surface area contributed by atoms with Gasteiger partial charge in [0.2, 0.25) is 5.91 Å². The molecule has 144 valence electrons. The number of carbonyl (C=O) groups excluding carboxylic acids is 1. The van der Waals surface area contributed by atoms with Crippen LogP contribution in [-0.2, 0) is 17.4 Å². The molecular formula is C20H17F3N4O. The third-order valence-electron chi connectivity index (χ3n) is 5.51. The van der Waals surface area contributed by atoms with Crippen LogP contribution >= 0.6 is 0 Å². The van der Waals surface area contributed by atoms with Gasteiger partial charge in [0.05, 0.1) is 6.42 Å². The van der Waals surface area contributed by atoms with Crippen LogP contribution < -0.4 is 5.32 Å². The van der Waals surface area contributed by atoms with Gasteiger partial charge in [-0.25, -0.2) is 9.97 Å². The molecule has 0 radical (unpaired) electrons. The number of pyridine rings is 1. The highest BCUT2D eigenvalue weighted by molar-refractivity contribution is 5.99. The molecule has 2 aromatic heterocycles. The number of fused-ring (bicyclic) bond motifs is 2. The number of rotatable bonds is 2. The number of hydrogen-bond acceptors (Lipinski definition) is 3. The Labute approximate surface area is 158 Å². The van der Waals surface area contributed by atoms with Crippen molar-refractivity contribution in [2.24, 2.45) is 0 Å². The van der Waals surface area contributed by atoms with Crippen molar-refractivity contribution in [2.75, 3.05) is 5.32 Å². The Morgan fingerprint density at radius 1 is 1.07 bits per heavy atom. The van der Waals surface area contributed by atoms with E-state index in [0.717, 1.165) is 48.8 Å². The van der Waals surface area contributed by atoms with E-state index in [1.807, 2.05) is 6.07 Å². The first kappa shape index (κ1) is 17.2.